The van der Waals surface area contributed by atoms with Gasteiger partial charge >= 0.3 is 0 Å². The summed E-state index contributed by atoms with van der Waals surface area (Å²) in [5.41, 5.74) is 0.483. The third-order valence-electron chi connectivity index (χ3n) is 4.87. The fourth-order valence-electron chi connectivity index (χ4n) is 3.08. The van der Waals surface area contributed by atoms with Crippen LogP contribution in [0.25, 0.3) is 0 Å². The number of halogens is 2. The van der Waals surface area contributed by atoms with Crippen molar-refractivity contribution in [2.45, 2.75) is 25.6 Å². The van der Waals surface area contributed by atoms with Crippen LogP contribution < -0.4 is 5.32 Å². The highest BCUT2D eigenvalue weighted by atomic mass is 35.5. The van der Waals surface area contributed by atoms with Crippen LogP contribution >= 0.6 is 23.4 Å². The second kappa shape index (κ2) is 10.3. The van der Waals surface area contributed by atoms with Gasteiger partial charge in [-0.15, -0.1) is 11.8 Å². The maximum Gasteiger partial charge on any atom is 0.238 e. The number of piperazine rings is 1. The van der Waals surface area contributed by atoms with Crippen LogP contribution in [0.5, 0.6) is 0 Å². The van der Waals surface area contributed by atoms with E-state index in [2.05, 4.69) is 15.4 Å². The quantitative estimate of drug-likeness (QED) is 0.692. The van der Waals surface area contributed by atoms with Crippen LogP contribution in [0.2, 0.25) is 5.02 Å². The van der Waals surface area contributed by atoms with Gasteiger partial charge in [0.05, 0.1) is 11.0 Å². The van der Waals surface area contributed by atoms with Crippen molar-refractivity contribution < 1.29 is 18.5 Å². The molecule has 162 valence electrons. The summed E-state index contributed by atoms with van der Waals surface area (Å²) in [5.74, 6) is 0.629. The second-order valence-electron chi connectivity index (χ2n) is 7.12. The van der Waals surface area contributed by atoms with E-state index in [1.165, 1.54) is 17.8 Å². The zero-order valence-corrected chi connectivity index (χ0v) is 18.4. The van der Waals surface area contributed by atoms with E-state index in [1.807, 2.05) is 0 Å². The van der Waals surface area contributed by atoms with Crippen LogP contribution in [0.3, 0.4) is 0 Å². The molecule has 10 heteroatoms. The van der Waals surface area contributed by atoms with Gasteiger partial charge in [0.2, 0.25) is 11.8 Å². The zero-order valence-electron chi connectivity index (χ0n) is 16.9. The molecule has 3 rings (SSSR count). The fourth-order valence-corrected chi connectivity index (χ4v) is 4.09. The molecule has 2 aromatic rings. The minimum absolute atomic E-state index is 0.0134. The van der Waals surface area contributed by atoms with Crippen LogP contribution in [0.15, 0.2) is 28.8 Å². The summed E-state index contributed by atoms with van der Waals surface area (Å²) in [6, 6.07) is 6.30. The average Bonchev–Trinajstić information content (AvgIpc) is 3.13. The van der Waals surface area contributed by atoms with Gasteiger partial charge in [-0.2, -0.15) is 0 Å². The predicted octanol–water partition coefficient (Wildman–Crippen LogP) is 3.18. The van der Waals surface area contributed by atoms with Gasteiger partial charge in [-0.1, -0.05) is 22.8 Å². The van der Waals surface area contributed by atoms with Crippen molar-refractivity contribution in [2.24, 2.45) is 0 Å². The number of carbonyl (C=O) groups is 2. The number of carbonyl (C=O) groups excluding carboxylic acids is 2. The monoisotopic (exact) mass is 454 g/mol. The third kappa shape index (κ3) is 5.96. The Kier molecular flexibility index (Phi) is 7.74. The lowest BCUT2D eigenvalue weighted by molar-refractivity contribution is -0.130. The topological polar surface area (TPSA) is 78.7 Å². The number of anilines is 1. The summed E-state index contributed by atoms with van der Waals surface area (Å²) in [5, 5.41) is 6.40. The number of rotatable bonds is 7. The van der Waals surface area contributed by atoms with Gasteiger partial charge in [0.15, 0.2) is 5.82 Å². The molecule has 1 aliphatic heterocycles. The summed E-state index contributed by atoms with van der Waals surface area (Å²) in [4.78, 5) is 28.6. The van der Waals surface area contributed by atoms with E-state index in [0.717, 1.165) is 0 Å². The van der Waals surface area contributed by atoms with Gasteiger partial charge in [0.1, 0.15) is 11.6 Å². The number of hydrogen-bond acceptors (Lipinski definition) is 6. The average molecular weight is 455 g/mol. The summed E-state index contributed by atoms with van der Waals surface area (Å²) in [6.07, 6.45) is 0. The number of amides is 2. The lowest BCUT2D eigenvalue weighted by Crippen LogP contribution is -2.49. The van der Waals surface area contributed by atoms with E-state index in [9.17, 15) is 14.0 Å². The third-order valence-corrected chi connectivity index (χ3v) is 6.36. The molecule has 0 spiro atoms. The van der Waals surface area contributed by atoms with Crippen LogP contribution in [0.1, 0.15) is 18.2 Å². The van der Waals surface area contributed by atoms with Crippen molar-refractivity contribution in [3.8, 4) is 0 Å². The van der Waals surface area contributed by atoms with Gasteiger partial charge < -0.3 is 14.7 Å². The number of nitrogens with zero attached hydrogens (tertiary/aromatic N) is 3. The molecule has 1 fully saturated rings. The Morgan fingerprint density at radius 2 is 2.07 bits per heavy atom. The molecule has 1 atom stereocenters. The minimum Gasteiger partial charge on any atom is -0.360 e. The van der Waals surface area contributed by atoms with Gasteiger partial charge in [0, 0.05) is 49.4 Å². The van der Waals surface area contributed by atoms with E-state index in [4.69, 9.17) is 16.1 Å². The van der Waals surface area contributed by atoms with E-state index in [1.54, 1.807) is 36.9 Å². The van der Waals surface area contributed by atoms with Gasteiger partial charge in [0.25, 0.3) is 0 Å². The van der Waals surface area contributed by atoms with Gasteiger partial charge in [-0.25, -0.2) is 4.39 Å². The molecule has 0 saturated carbocycles. The van der Waals surface area contributed by atoms with Crippen molar-refractivity contribution in [3.63, 3.8) is 0 Å². The largest absolute Gasteiger partial charge is 0.360 e. The number of aromatic nitrogens is 1. The molecule has 1 N–H and O–H groups in total. The van der Waals surface area contributed by atoms with E-state index < -0.39 is 5.25 Å². The normalized spacial score (nSPS) is 15.8. The van der Waals surface area contributed by atoms with Crippen molar-refractivity contribution in [1.82, 2.24) is 15.0 Å². The highest BCUT2D eigenvalue weighted by Gasteiger charge is 2.24. The van der Waals surface area contributed by atoms with Crippen molar-refractivity contribution in [2.75, 3.05) is 37.2 Å². The smallest absolute Gasteiger partial charge is 0.238 e. The Hall–Kier alpha value is -2.10. The number of hydrogen-bond donors (Lipinski definition) is 1. The Balaban J connectivity index is 1.41. The molecule has 2 amide bonds. The molecule has 0 radical (unpaired) electrons. The van der Waals surface area contributed by atoms with Crippen LogP contribution in [-0.4, -0.2) is 64.0 Å². The maximum atomic E-state index is 14.0. The maximum absolute atomic E-state index is 14.0. The second-order valence-corrected chi connectivity index (χ2v) is 8.86. The number of nitrogens with one attached hydrogen (secondary N) is 1. The molecular formula is C20H24ClFN4O3S. The number of thioether (sulfide) groups is 1. The lowest BCUT2D eigenvalue weighted by Gasteiger charge is -2.35. The molecule has 7 nitrogen and oxygen atoms in total. The first-order valence-electron chi connectivity index (χ1n) is 9.62. The molecule has 0 aliphatic carbocycles. The molecule has 1 aromatic carbocycles. The number of aryl methyl sites for hydroxylation is 1. The van der Waals surface area contributed by atoms with Crippen molar-refractivity contribution >= 4 is 41.0 Å². The standard InChI is InChI=1S/C20H24ClFN4O3S/c1-13-10-18(24-29-13)23-20(28)14(2)30-12-19(27)26-8-6-25(7-9-26)11-15-16(21)4-3-5-17(15)22/h3-5,10,14H,6-9,11-12H2,1-2H3,(H,23,24,28). The van der Waals surface area contributed by atoms with E-state index >= 15 is 0 Å². The zero-order chi connectivity index (χ0) is 21.7. The summed E-state index contributed by atoms with van der Waals surface area (Å²) in [7, 11) is 0. The molecule has 0 bridgehead atoms. The van der Waals surface area contributed by atoms with Crippen LogP contribution in [0.4, 0.5) is 10.2 Å². The Labute approximate surface area is 183 Å². The Morgan fingerprint density at radius 1 is 1.33 bits per heavy atom. The summed E-state index contributed by atoms with van der Waals surface area (Å²) >= 11 is 7.38. The predicted molar refractivity (Wildman–Crippen MR) is 115 cm³/mol. The first-order chi connectivity index (χ1) is 14.3. The highest BCUT2D eigenvalue weighted by molar-refractivity contribution is 8.01. The van der Waals surface area contributed by atoms with Crippen LogP contribution in [0, 0.1) is 12.7 Å². The molecular weight excluding hydrogens is 431 g/mol. The minimum atomic E-state index is -0.407. The summed E-state index contributed by atoms with van der Waals surface area (Å²) < 4.78 is 18.9. The first-order valence-corrected chi connectivity index (χ1v) is 11.0. The van der Waals surface area contributed by atoms with Gasteiger partial charge in [-0.05, 0) is 26.0 Å². The van der Waals surface area contributed by atoms with Crippen molar-refractivity contribution in [1.29, 1.82) is 0 Å². The van der Waals surface area contributed by atoms with Crippen LogP contribution in [-0.2, 0) is 16.1 Å². The molecule has 1 unspecified atom stereocenters. The summed E-state index contributed by atoms with van der Waals surface area (Å²) in [6.45, 7) is 6.31. The van der Waals surface area contributed by atoms with E-state index in [-0.39, 0.29) is 23.4 Å². The highest BCUT2D eigenvalue weighted by Crippen LogP contribution is 2.22. The Bertz CT molecular complexity index is 882. The molecule has 2 heterocycles. The number of benzene rings is 1. The SMILES string of the molecule is Cc1cc(NC(=O)C(C)SCC(=O)N2CCN(Cc3c(F)cccc3Cl)CC2)no1. The first kappa shape index (κ1) is 22.6. The molecule has 30 heavy (non-hydrogen) atoms. The molecule has 1 aromatic heterocycles. The lowest BCUT2D eigenvalue weighted by atomic mass is 10.2. The Morgan fingerprint density at radius 3 is 2.70 bits per heavy atom. The molecule has 1 aliphatic rings. The fraction of sp³-hybridized carbons (Fsp3) is 0.450. The molecule has 1 saturated heterocycles. The van der Waals surface area contributed by atoms with Gasteiger partial charge in [-0.3, -0.25) is 14.5 Å². The van der Waals surface area contributed by atoms with E-state index in [0.29, 0.717) is 54.9 Å². The van der Waals surface area contributed by atoms with Crippen molar-refractivity contribution in [3.05, 3.63) is 46.4 Å².